The molecular weight excluding hydrogens is 398 g/mol. The first-order chi connectivity index (χ1) is 14.6. The fraction of sp³-hybridized carbons (Fsp3) is 0.417. The Kier molecular flexibility index (Phi) is 5.27. The van der Waals surface area contributed by atoms with Gasteiger partial charge in [0.2, 0.25) is 0 Å². The highest BCUT2D eigenvalue weighted by Gasteiger charge is 2.51. The van der Waals surface area contributed by atoms with Gasteiger partial charge >= 0.3 is 12.1 Å². The number of carbonyl (C=O) groups excluding carboxylic acids is 1. The molecule has 1 aliphatic heterocycles. The van der Waals surface area contributed by atoms with E-state index >= 15 is 0 Å². The van der Waals surface area contributed by atoms with Crippen molar-refractivity contribution >= 4 is 12.1 Å². The normalized spacial score (nSPS) is 22.8. The number of nitrogens with zero attached hydrogens (tertiary/aromatic N) is 1. The van der Waals surface area contributed by atoms with Crippen molar-refractivity contribution in [2.75, 3.05) is 13.2 Å². The van der Waals surface area contributed by atoms with Gasteiger partial charge in [-0.1, -0.05) is 48.5 Å². The molecule has 164 valence electrons. The lowest BCUT2D eigenvalue weighted by Gasteiger charge is -2.31. The summed E-state index contributed by atoms with van der Waals surface area (Å²) in [5, 5.41) is 20.4. The van der Waals surface area contributed by atoms with Crippen molar-refractivity contribution in [3.05, 3.63) is 59.7 Å². The minimum absolute atomic E-state index is 0.0776. The smallest absolute Gasteiger partial charge is 0.410 e. The molecule has 0 spiro atoms. The van der Waals surface area contributed by atoms with Gasteiger partial charge in [0.15, 0.2) is 5.79 Å². The van der Waals surface area contributed by atoms with Crippen molar-refractivity contribution in [3.63, 3.8) is 0 Å². The second kappa shape index (κ2) is 7.66. The van der Waals surface area contributed by atoms with Crippen LogP contribution in [0.4, 0.5) is 4.79 Å². The maximum absolute atomic E-state index is 12.9. The number of fused-ring (bicyclic) bond motifs is 3. The Morgan fingerprint density at radius 2 is 1.61 bits per heavy atom. The van der Waals surface area contributed by atoms with Gasteiger partial charge in [0.1, 0.15) is 12.6 Å². The highest BCUT2D eigenvalue weighted by atomic mass is 16.6. The molecule has 1 fully saturated rings. The highest BCUT2D eigenvalue weighted by Crippen LogP contribution is 2.44. The fourth-order valence-corrected chi connectivity index (χ4v) is 4.59. The van der Waals surface area contributed by atoms with Gasteiger partial charge in [-0.25, -0.2) is 9.59 Å². The van der Waals surface area contributed by atoms with Crippen LogP contribution in [0, 0.1) is 0 Å². The molecule has 1 heterocycles. The summed E-state index contributed by atoms with van der Waals surface area (Å²) in [5.74, 6) is -3.08. The van der Waals surface area contributed by atoms with Crippen molar-refractivity contribution in [1.82, 2.24) is 4.90 Å². The van der Waals surface area contributed by atoms with Crippen LogP contribution in [0.25, 0.3) is 11.1 Å². The molecule has 2 aliphatic rings. The number of benzene rings is 2. The van der Waals surface area contributed by atoms with E-state index in [0.717, 1.165) is 27.2 Å². The van der Waals surface area contributed by atoms with E-state index in [1.165, 1.54) is 0 Å². The summed E-state index contributed by atoms with van der Waals surface area (Å²) in [5.41, 5.74) is 3.66. The minimum atomic E-state index is -1.74. The van der Waals surface area contributed by atoms with Crippen LogP contribution in [-0.2, 0) is 14.3 Å². The van der Waals surface area contributed by atoms with Crippen LogP contribution >= 0.6 is 0 Å². The number of likely N-dealkylation sites (tertiary alicyclic amines) is 1. The van der Waals surface area contributed by atoms with E-state index in [1.807, 2.05) is 48.5 Å². The van der Waals surface area contributed by atoms with E-state index in [2.05, 4.69) is 0 Å². The largest absolute Gasteiger partial charge is 0.480 e. The Balaban J connectivity index is 1.51. The standard InChI is InChI=1S/C24H27NO6/c1-23(2,3)31-24(29)12-20(21(26)27)25(14-24)22(28)30-13-19-17-10-6-4-8-15(17)16-9-5-7-11-18(16)19/h4-11,19-20,29H,12-14H2,1-3H3,(H,26,27)/t20-,24+/m0/s1. The molecule has 0 saturated carbocycles. The second-order valence-electron chi connectivity index (χ2n) is 9.15. The number of rotatable bonds is 4. The van der Waals surface area contributed by atoms with Crippen LogP contribution in [0.15, 0.2) is 48.5 Å². The number of aliphatic hydroxyl groups is 1. The predicted octanol–water partition coefficient (Wildman–Crippen LogP) is 3.60. The Labute approximate surface area is 181 Å². The Morgan fingerprint density at radius 1 is 1.06 bits per heavy atom. The third kappa shape index (κ3) is 4.16. The van der Waals surface area contributed by atoms with E-state index in [4.69, 9.17) is 9.47 Å². The quantitative estimate of drug-likeness (QED) is 0.727. The van der Waals surface area contributed by atoms with Crippen molar-refractivity contribution in [3.8, 4) is 11.1 Å². The highest BCUT2D eigenvalue weighted by molar-refractivity contribution is 5.82. The summed E-state index contributed by atoms with van der Waals surface area (Å²) < 4.78 is 11.2. The summed E-state index contributed by atoms with van der Waals surface area (Å²) in [4.78, 5) is 25.7. The number of aliphatic carboxylic acids is 1. The minimum Gasteiger partial charge on any atom is -0.480 e. The number of carboxylic acids is 1. The van der Waals surface area contributed by atoms with E-state index in [9.17, 15) is 19.8 Å². The maximum atomic E-state index is 12.9. The van der Waals surface area contributed by atoms with Crippen molar-refractivity contribution < 1.29 is 29.3 Å². The summed E-state index contributed by atoms with van der Waals surface area (Å²) in [6.45, 7) is 5.09. The van der Waals surface area contributed by atoms with Gasteiger partial charge in [-0.3, -0.25) is 4.90 Å². The van der Waals surface area contributed by atoms with Crippen LogP contribution in [0.2, 0.25) is 0 Å². The molecule has 1 amide bonds. The summed E-state index contributed by atoms with van der Waals surface area (Å²) in [6.07, 6.45) is -0.994. The first kappa shape index (κ1) is 21.3. The van der Waals surface area contributed by atoms with Gasteiger partial charge in [0, 0.05) is 12.3 Å². The van der Waals surface area contributed by atoms with Crippen LogP contribution in [0.3, 0.4) is 0 Å². The van der Waals surface area contributed by atoms with E-state index < -0.39 is 29.5 Å². The molecule has 0 radical (unpaired) electrons. The zero-order chi connectivity index (χ0) is 22.4. The average Bonchev–Trinajstić information content (AvgIpc) is 3.20. The number of hydrogen-bond donors (Lipinski definition) is 2. The van der Waals surface area contributed by atoms with E-state index in [1.54, 1.807) is 20.8 Å². The summed E-state index contributed by atoms with van der Waals surface area (Å²) >= 11 is 0. The lowest BCUT2D eigenvalue weighted by molar-refractivity contribution is -0.243. The van der Waals surface area contributed by atoms with Crippen molar-refractivity contribution in [2.24, 2.45) is 0 Å². The third-order valence-corrected chi connectivity index (χ3v) is 5.66. The van der Waals surface area contributed by atoms with Gasteiger partial charge in [-0.15, -0.1) is 0 Å². The number of hydrogen-bond acceptors (Lipinski definition) is 5. The molecule has 1 aliphatic carbocycles. The molecule has 0 aromatic heterocycles. The number of carboxylic acid groups (broad SMARTS) is 1. The second-order valence-corrected chi connectivity index (χ2v) is 9.15. The first-order valence-corrected chi connectivity index (χ1v) is 10.3. The molecule has 2 aromatic rings. The SMILES string of the molecule is CC(C)(C)O[C@]1(O)C[C@@H](C(=O)O)N(C(=O)OCC2c3ccccc3-c3ccccc32)C1. The molecule has 1 saturated heterocycles. The van der Waals surface area contributed by atoms with Crippen molar-refractivity contribution in [2.45, 2.75) is 50.5 Å². The molecule has 2 atom stereocenters. The molecule has 0 unspecified atom stereocenters. The third-order valence-electron chi connectivity index (χ3n) is 5.66. The molecule has 0 bridgehead atoms. The number of β-amino-alcohol motifs (C(OH)–C–C–N with tert-alkyl or cyclic N) is 1. The number of carbonyl (C=O) groups is 2. The van der Waals surface area contributed by atoms with Crippen LogP contribution in [-0.4, -0.2) is 57.8 Å². The van der Waals surface area contributed by atoms with Gasteiger partial charge in [0.25, 0.3) is 0 Å². The zero-order valence-electron chi connectivity index (χ0n) is 17.9. The number of ether oxygens (including phenoxy) is 2. The fourth-order valence-electron chi connectivity index (χ4n) is 4.59. The average molecular weight is 425 g/mol. The maximum Gasteiger partial charge on any atom is 0.410 e. The Morgan fingerprint density at radius 3 is 2.13 bits per heavy atom. The van der Waals surface area contributed by atoms with Crippen molar-refractivity contribution in [1.29, 1.82) is 0 Å². The molecule has 7 nitrogen and oxygen atoms in total. The molecule has 4 rings (SSSR count). The van der Waals surface area contributed by atoms with E-state index in [0.29, 0.717) is 0 Å². The molecule has 7 heteroatoms. The lowest BCUT2D eigenvalue weighted by atomic mass is 9.98. The van der Waals surface area contributed by atoms with Gasteiger partial charge in [-0.05, 0) is 43.0 Å². The van der Waals surface area contributed by atoms with E-state index in [-0.39, 0.29) is 25.5 Å². The number of amides is 1. The monoisotopic (exact) mass is 425 g/mol. The summed E-state index contributed by atoms with van der Waals surface area (Å²) in [6, 6.07) is 14.7. The molecule has 2 aromatic carbocycles. The Hall–Kier alpha value is -2.90. The summed E-state index contributed by atoms with van der Waals surface area (Å²) in [7, 11) is 0. The van der Waals surface area contributed by atoms with Gasteiger partial charge < -0.3 is 19.7 Å². The van der Waals surface area contributed by atoms with Crippen LogP contribution < -0.4 is 0 Å². The Bertz CT molecular complexity index is 968. The van der Waals surface area contributed by atoms with Crippen LogP contribution in [0.5, 0.6) is 0 Å². The van der Waals surface area contributed by atoms with Crippen LogP contribution in [0.1, 0.15) is 44.2 Å². The topological polar surface area (TPSA) is 96.3 Å². The lowest BCUT2D eigenvalue weighted by Crippen LogP contribution is -2.44. The zero-order valence-corrected chi connectivity index (χ0v) is 17.9. The van der Waals surface area contributed by atoms with Gasteiger partial charge in [-0.2, -0.15) is 0 Å². The molecule has 2 N–H and O–H groups in total. The predicted molar refractivity (Wildman–Crippen MR) is 114 cm³/mol. The first-order valence-electron chi connectivity index (χ1n) is 10.3. The van der Waals surface area contributed by atoms with Gasteiger partial charge in [0.05, 0.1) is 12.1 Å². The molecular formula is C24H27NO6. The molecule has 31 heavy (non-hydrogen) atoms.